The van der Waals surface area contributed by atoms with E-state index in [2.05, 4.69) is 5.32 Å². The number of amides is 1. The van der Waals surface area contributed by atoms with Crippen molar-refractivity contribution in [2.75, 3.05) is 25.0 Å². The van der Waals surface area contributed by atoms with Crippen molar-refractivity contribution in [3.63, 3.8) is 0 Å². The molecule has 92 valence electrons. The Labute approximate surface area is 107 Å². The highest BCUT2D eigenvalue weighted by molar-refractivity contribution is 6.30. The van der Waals surface area contributed by atoms with Crippen LogP contribution in [-0.4, -0.2) is 25.5 Å². The predicted octanol–water partition coefficient (Wildman–Crippen LogP) is 1.35. The Bertz CT molecular complexity index is 389. The molecule has 1 aliphatic rings. The SMILES string of the molecule is O=C(C[NH+]1CCCCC1)Nc1cccc(Cl)c1. The molecule has 0 atom stereocenters. The van der Waals surface area contributed by atoms with Crippen molar-refractivity contribution < 1.29 is 9.69 Å². The van der Waals surface area contributed by atoms with E-state index in [1.165, 1.54) is 24.2 Å². The Hall–Kier alpha value is -1.06. The lowest BCUT2D eigenvalue weighted by molar-refractivity contribution is -0.896. The monoisotopic (exact) mass is 253 g/mol. The molecule has 17 heavy (non-hydrogen) atoms. The Balaban J connectivity index is 1.84. The highest BCUT2D eigenvalue weighted by Gasteiger charge is 2.17. The van der Waals surface area contributed by atoms with Crippen LogP contribution in [0.3, 0.4) is 0 Å². The zero-order chi connectivity index (χ0) is 12.1. The van der Waals surface area contributed by atoms with Crippen LogP contribution < -0.4 is 10.2 Å². The minimum atomic E-state index is 0.0733. The third-order valence-corrected chi connectivity index (χ3v) is 3.31. The van der Waals surface area contributed by atoms with Gasteiger partial charge >= 0.3 is 0 Å². The first-order chi connectivity index (χ1) is 8.24. The van der Waals surface area contributed by atoms with Gasteiger partial charge in [-0.05, 0) is 37.5 Å². The number of anilines is 1. The van der Waals surface area contributed by atoms with Crippen LogP contribution in [0.25, 0.3) is 0 Å². The van der Waals surface area contributed by atoms with E-state index in [4.69, 9.17) is 11.6 Å². The molecule has 0 aliphatic carbocycles. The fourth-order valence-corrected chi connectivity index (χ4v) is 2.42. The van der Waals surface area contributed by atoms with Gasteiger partial charge in [0.25, 0.3) is 5.91 Å². The molecule has 1 aromatic rings. The summed E-state index contributed by atoms with van der Waals surface area (Å²) in [6, 6.07) is 7.26. The summed E-state index contributed by atoms with van der Waals surface area (Å²) in [5.41, 5.74) is 0.777. The van der Waals surface area contributed by atoms with E-state index >= 15 is 0 Å². The first kappa shape index (κ1) is 12.4. The number of hydrogen-bond acceptors (Lipinski definition) is 1. The molecule has 0 radical (unpaired) electrons. The van der Waals surface area contributed by atoms with Gasteiger partial charge in [0.05, 0.1) is 13.1 Å². The topological polar surface area (TPSA) is 33.5 Å². The van der Waals surface area contributed by atoms with Crippen molar-refractivity contribution in [1.82, 2.24) is 0 Å². The Morgan fingerprint density at radius 1 is 1.29 bits per heavy atom. The molecule has 1 aromatic carbocycles. The van der Waals surface area contributed by atoms with Crippen molar-refractivity contribution in [1.29, 1.82) is 0 Å². The van der Waals surface area contributed by atoms with Crippen LogP contribution in [0.1, 0.15) is 19.3 Å². The second-order valence-corrected chi connectivity index (χ2v) is 4.98. The molecule has 3 nitrogen and oxygen atoms in total. The van der Waals surface area contributed by atoms with E-state index in [0.29, 0.717) is 11.6 Å². The lowest BCUT2D eigenvalue weighted by Crippen LogP contribution is -3.13. The molecule has 0 unspecified atom stereocenters. The highest BCUT2D eigenvalue weighted by atomic mass is 35.5. The maximum atomic E-state index is 11.8. The minimum absolute atomic E-state index is 0.0733. The summed E-state index contributed by atoms with van der Waals surface area (Å²) in [6.45, 7) is 2.79. The van der Waals surface area contributed by atoms with Crippen LogP contribution in [0.2, 0.25) is 5.02 Å². The third kappa shape index (κ3) is 4.02. The summed E-state index contributed by atoms with van der Waals surface area (Å²) >= 11 is 5.86. The van der Waals surface area contributed by atoms with Gasteiger partial charge in [-0.2, -0.15) is 0 Å². The zero-order valence-electron chi connectivity index (χ0n) is 9.84. The van der Waals surface area contributed by atoms with E-state index in [0.717, 1.165) is 18.8 Å². The van der Waals surface area contributed by atoms with Gasteiger partial charge in [-0.25, -0.2) is 0 Å². The van der Waals surface area contributed by atoms with Gasteiger partial charge in [-0.3, -0.25) is 4.79 Å². The van der Waals surface area contributed by atoms with Gasteiger partial charge in [0.2, 0.25) is 0 Å². The number of halogens is 1. The number of carbonyl (C=O) groups is 1. The third-order valence-electron chi connectivity index (χ3n) is 3.08. The van der Waals surface area contributed by atoms with Crippen molar-refractivity contribution in [3.8, 4) is 0 Å². The second kappa shape index (κ2) is 6.03. The fourth-order valence-electron chi connectivity index (χ4n) is 2.23. The summed E-state index contributed by atoms with van der Waals surface area (Å²) < 4.78 is 0. The molecule has 1 aliphatic heterocycles. The number of carbonyl (C=O) groups excluding carboxylic acids is 1. The first-order valence-electron chi connectivity index (χ1n) is 6.13. The van der Waals surface area contributed by atoms with E-state index in [9.17, 15) is 4.79 Å². The molecule has 1 amide bonds. The number of likely N-dealkylation sites (tertiary alicyclic amines) is 1. The Morgan fingerprint density at radius 3 is 2.76 bits per heavy atom. The Kier molecular flexibility index (Phi) is 4.40. The zero-order valence-corrected chi connectivity index (χ0v) is 10.6. The van der Waals surface area contributed by atoms with Gasteiger partial charge in [-0.15, -0.1) is 0 Å². The van der Waals surface area contributed by atoms with E-state index in [1.807, 2.05) is 12.1 Å². The molecule has 2 N–H and O–H groups in total. The molecule has 2 rings (SSSR count). The van der Waals surface area contributed by atoms with Crippen LogP contribution in [0.4, 0.5) is 5.69 Å². The van der Waals surface area contributed by atoms with Crippen molar-refractivity contribution in [2.24, 2.45) is 0 Å². The molecular formula is C13H18ClN2O+. The van der Waals surface area contributed by atoms with E-state index in [1.54, 1.807) is 12.1 Å². The number of hydrogen-bond donors (Lipinski definition) is 2. The lowest BCUT2D eigenvalue weighted by Gasteiger charge is -2.22. The van der Waals surface area contributed by atoms with Gasteiger partial charge in [0, 0.05) is 10.7 Å². The van der Waals surface area contributed by atoms with Gasteiger partial charge < -0.3 is 10.2 Å². The standard InChI is InChI=1S/C13H17ClN2O/c14-11-5-4-6-12(9-11)15-13(17)10-16-7-2-1-3-8-16/h4-6,9H,1-3,7-8,10H2,(H,15,17)/p+1. The first-order valence-corrected chi connectivity index (χ1v) is 6.51. The number of quaternary nitrogens is 1. The highest BCUT2D eigenvalue weighted by Crippen LogP contribution is 2.14. The van der Waals surface area contributed by atoms with Crippen molar-refractivity contribution >= 4 is 23.2 Å². The van der Waals surface area contributed by atoms with E-state index in [-0.39, 0.29) is 5.91 Å². The smallest absolute Gasteiger partial charge is 0.279 e. The molecule has 4 heteroatoms. The number of piperidine rings is 1. The summed E-state index contributed by atoms with van der Waals surface area (Å²) in [4.78, 5) is 13.2. The fraction of sp³-hybridized carbons (Fsp3) is 0.462. The average molecular weight is 254 g/mol. The van der Waals surface area contributed by atoms with Crippen LogP contribution in [0.15, 0.2) is 24.3 Å². The van der Waals surface area contributed by atoms with Crippen LogP contribution in [0, 0.1) is 0 Å². The van der Waals surface area contributed by atoms with Crippen LogP contribution in [-0.2, 0) is 4.79 Å². The molecule has 0 aromatic heterocycles. The molecule has 0 spiro atoms. The van der Waals surface area contributed by atoms with Crippen LogP contribution in [0.5, 0.6) is 0 Å². The average Bonchev–Trinajstić information content (AvgIpc) is 2.30. The molecular weight excluding hydrogens is 236 g/mol. The molecule has 1 saturated heterocycles. The maximum Gasteiger partial charge on any atom is 0.279 e. The second-order valence-electron chi connectivity index (χ2n) is 4.55. The number of nitrogens with one attached hydrogen (secondary N) is 2. The van der Waals surface area contributed by atoms with Gasteiger partial charge in [0.15, 0.2) is 6.54 Å². The Morgan fingerprint density at radius 2 is 2.06 bits per heavy atom. The quantitative estimate of drug-likeness (QED) is 0.838. The van der Waals surface area contributed by atoms with Crippen LogP contribution >= 0.6 is 11.6 Å². The van der Waals surface area contributed by atoms with E-state index < -0.39 is 0 Å². The predicted molar refractivity (Wildman–Crippen MR) is 69.5 cm³/mol. The number of rotatable bonds is 3. The summed E-state index contributed by atoms with van der Waals surface area (Å²) in [5, 5.41) is 3.53. The normalized spacial score (nSPS) is 16.8. The molecule has 1 fully saturated rings. The van der Waals surface area contributed by atoms with Crippen molar-refractivity contribution in [2.45, 2.75) is 19.3 Å². The summed E-state index contributed by atoms with van der Waals surface area (Å²) in [7, 11) is 0. The molecule has 1 heterocycles. The van der Waals surface area contributed by atoms with Crippen molar-refractivity contribution in [3.05, 3.63) is 29.3 Å². The van der Waals surface area contributed by atoms with Gasteiger partial charge in [0.1, 0.15) is 0 Å². The summed E-state index contributed by atoms with van der Waals surface area (Å²) in [5.74, 6) is 0.0733. The molecule has 0 bridgehead atoms. The van der Waals surface area contributed by atoms with Gasteiger partial charge in [-0.1, -0.05) is 17.7 Å². The summed E-state index contributed by atoms with van der Waals surface area (Å²) in [6.07, 6.45) is 3.78. The maximum absolute atomic E-state index is 11.8. The number of benzene rings is 1. The lowest BCUT2D eigenvalue weighted by atomic mass is 10.1. The minimum Gasteiger partial charge on any atom is -0.327 e. The molecule has 0 saturated carbocycles. The largest absolute Gasteiger partial charge is 0.327 e.